The molecule has 0 aromatic heterocycles. The van der Waals surface area contributed by atoms with E-state index in [1.54, 1.807) is 12.1 Å². The van der Waals surface area contributed by atoms with Crippen LogP contribution < -0.4 is 11.1 Å². The monoisotopic (exact) mass is 298 g/mol. The van der Waals surface area contributed by atoms with E-state index in [1.165, 1.54) is 6.07 Å². The Bertz CT molecular complexity index is 428. The molecular weight excluding hydrogens is 285 g/mol. The summed E-state index contributed by atoms with van der Waals surface area (Å²) in [7, 11) is 0. The van der Waals surface area contributed by atoms with E-state index in [-0.39, 0.29) is 23.0 Å². The Hall–Kier alpha value is -0.910. The van der Waals surface area contributed by atoms with Crippen molar-refractivity contribution in [3.05, 3.63) is 34.3 Å². The molecule has 0 fully saturated rings. The number of rotatable bonds is 4. The molecule has 7 heteroatoms. The molecular formula is C11H14Cl2F2N2O. The maximum atomic E-state index is 12.8. The highest BCUT2D eigenvalue weighted by atomic mass is 35.5. The third-order valence-corrected chi connectivity index (χ3v) is 2.49. The molecule has 1 aromatic carbocycles. The molecule has 0 aliphatic heterocycles. The van der Waals surface area contributed by atoms with Crippen LogP contribution in [0, 0.1) is 6.92 Å². The van der Waals surface area contributed by atoms with Gasteiger partial charge in [0, 0.05) is 0 Å². The molecule has 1 rings (SSSR count). The topological polar surface area (TPSA) is 55.1 Å². The van der Waals surface area contributed by atoms with Crippen LogP contribution in [0.3, 0.4) is 0 Å². The number of hydrogen-bond acceptors (Lipinski definition) is 2. The lowest BCUT2D eigenvalue weighted by atomic mass is 10.1. The summed E-state index contributed by atoms with van der Waals surface area (Å²) < 4.78 is 25.6. The van der Waals surface area contributed by atoms with Gasteiger partial charge in [-0.25, -0.2) is 8.78 Å². The van der Waals surface area contributed by atoms with Crippen LogP contribution in [0.2, 0.25) is 5.02 Å². The number of alkyl halides is 2. The molecule has 0 aliphatic carbocycles. The van der Waals surface area contributed by atoms with Gasteiger partial charge in [-0.2, -0.15) is 0 Å². The van der Waals surface area contributed by atoms with Gasteiger partial charge in [0.25, 0.3) is 11.8 Å². The summed E-state index contributed by atoms with van der Waals surface area (Å²) in [5.74, 6) is -3.74. The van der Waals surface area contributed by atoms with Crippen molar-refractivity contribution in [2.75, 3.05) is 13.1 Å². The minimum Gasteiger partial charge on any atom is -0.346 e. The maximum Gasteiger partial charge on any atom is 0.277 e. The number of aryl methyl sites for hydroxylation is 1. The lowest BCUT2D eigenvalue weighted by Gasteiger charge is -2.14. The first-order valence-electron chi connectivity index (χ1n) is 4.98. The molecule has 1 aromatic rings. The molecule has 1 amide bonds. The third-order valence-electron chi connectivity index (χ3n) is 2.18. The normalized spacial score (nSPS) is 10.7. The molecule has 0 heterocycles. The van der Waals surface area contributed by atoms with Gasteiger partial charge in [0.05, 0.1) is 23.7 Å². The molecule has 18 heavy (non-hydrogen) atoms. The highest BCUT2D eigenvalue weighted by molar-refractivity contribution is 6.33. The van der Waals surface area contributed by atoms with E-state index in [4.69, 9.17) is 17.3 Å². The predicted molar refractivity (Wildman–Crippen MR) is 69.8 cm³/mol. The Morgan fingerprint density at radius 3 is 2.61 bits per heavy atom. The minimum absolute atomic E-state index is 0. The number of benzene rings is 1. The van der Waals surface area contributed by atoms with Crippen LogP contribution in [0.4, 0.5) is 8.78 Å². The molecule has 0 saturated carbocycles. The second-order valence-corrected chi connectivity index (χ2v) is 4.13. The molecule has 0 atom stereocenters. The van der Waals surface area contributed by atoms with E-state index in [2.05, 4.69) is 5.32 Å². The van der Waals surface area contributed by atoms with Crippen LogP contribution in [-0.2, 0) is 0 Å². The van der Waals surface area contributed by atoms with Crippen molar-refractivity contribution in [2.24, 2.45) is 5.73 Å². The molecule has 0 spiro atoms. The summed E-state index contributed by atoms with van der Waals surface area (Å²) >= 11 is 5.84. The number of carbonyl (C=O) groups excluding carboxylic acids is 1. The van der Waals surface area contributed by atoms with Gasteiger partial charge < -0.3 is 11.1 Å². The van der Waals surface area contributed by atoms with E-state index < -0.39 is 24.9 Å². The first kappa shape index (κ1) is 17.1. The van der Waals surface area contributed by atoms with Crippen LogP contribution in [0.1, 0.15) is 15.9 Å². The fraction of sp³-hybridized carbons (Fsp3) is 0.364. The van der Waals surface area contributed by atoms with Gasteiger partial charge in [-0.1, -0.05) is 17.7 Å². The average molecular weight is 299 g/mol. The van der Waals surface area contributed by atoms with Gasteiger partial charge in [-0.3, -0.25) is 4.79 Å². The highest BCUT2D eigenvalue weighted by Crippen LogP contribution is 2.18. The zero-order valence-electron chi connectivity index (χ0n) is 9.67. The van der Waals surface area contributed by atoms with Gasteiger partial charge in [-0.05, 0) is 24.6 Å². The lowest BCUT2D eigenvalue weighted by Crippen LogP contribution is -2.41. The molecule has 0 bridgehead atoms. The van der Waals surface area contributed by atoms with Crippen molar-refractivity contribution in [3.63, 3.8) is 0 Å². The van der Waals surface area contributed by atoms with E-state index in [0.29, 0.717) is 0 Å². The molecule has 102 valence electrons. The largest absolute Gasteiger partial charge is 0.346 e. The number of amides is 1. The zero-order valence-corrected chi connectivity index (χ0v) is 11.2. The standard InChI is InChI=1S/C11H13ClF2N2O.ClH/c1-7-2-3-8(9(12)4-7)10(17)16-6-11(13,14)5-15;/h2-4H,5-6,15H2,1H3,(H,16,17);1H. The van der Waals surface area contributed by atoms with E-state index in [9.17, 15) is 13.6 Å². The number of halogens is 4. The summed E-state index contributed by atoms with van der Waals surface area (Å²) in [6.07, 6.45) is 0. The van der Waals surface area contributed by atoms with Crippen molar-refractivity contribution < 1.29 is 13.6 Å². The lowest BCUT2D eigenvalue weighted by molar-refractivity contribution is 0.0118. The fourth-order valence-corrected chi connectivity index (χ4v) is 1.50. The van der Waals surface area contributed by atoms with Crippen molar-refractivity contribution in [2.45, 2.75) is 12.8 Å². The smallest absolute Gasteiger partial charge is 0.277 e. The SMILES string of the molecule is Cc1ccc(C(=O)NCC(F)(F)CN)c(Cl)c1.Cl. The van der Waals surface area contributed by atoms with Crippen LogP contribution in [0.25, 0.3) is 0 Å². The zero-order chi connectivity index (χ0) is 13.1. The maximum absolute atomic E-state index is 12.8. The average Bonchev–Trinajstić information content (AvgIpc) is 2.26. The predicted octanol–water partition coefficient (Wildman–Crippen LogP) is 2.39. The van der Waals surface area contributed by atoms with Gasteiger partial charge in [0.2, 0.25) is 0 Å². The van der Waals surface area contributed by atoms with Gasteiger partial charge in [0.15, 0.2) is 0 Å². The molecule has 0 radical (unpaired) electrons. The summed E-state index contributed by atoms with van der Waals surface area (Å²) in [4.78, 5) is 11.6. The first-order valence-corrected chi connectivity index (χ1v) is 5.36. The van der Waals surface area contributed by atoms with Crippen molar-refractivity contribution in [3.8, 4) is 0 Å². The number of nitrogens with one attached hydrogen (secondary N) is 1. The summed E-state index contributed by atoms with van der Waals surface area (Å²) in [6, 6.07) is 4.77. The second-order valence-electron chi connectivity index (χ2n) is 3.73. The molecule has 0 unspecified atom stereocenters. The molecule has 0 aliphatic rings. The molecule has 0 saturated heterocycles. The summed E-state index contributed by atoms with van der Waals surface area (Å²) in [5, 5.41) is 2.33. The molecule has 3 N–H and O–H groups in total. The van der Waals surface area contributed by atoms with Gasteiger partial charge in [0.1, 0.15) is 0 Å². The quantitative estimate of drug-likeness (QED) is 0.897. The highest BCUT2D eigenvalue weighted by Gasteiger charge is 2.27. The van der Waals surface area contributed by atoms with Crippen molar-refractivity contribution in [1.29, 1.82) is 0 Å². The van der Waals surface area contributed by atoms with E-state index in [0.717, 1.165) is 5.56 Å². The summed E-state index contributed by atoms with van der Waals surface area (Å²) in [6.45, 7) is 0.206. The Balaban J connectivity index is 0.00000289. The Kier molecular flexibility index (Phi) is 6.52. The minimum atomic E-state index is -3.10. The van der Waals surface area contributed by atoms with Crippen molar-refractivity contribution >= 4 is 29.9 Å². The van der Waals surface area contributed by atoms with Gasteiger partial charge >= 0.3 is 0 Å². The number of nitrogens with two attached hydrogens (primary N) is 1. The Morgan fingerprint density at radius 1 is 1.50 bits per heavy atom. The first-order chi connectivity index (χ1) is 7.85. The second kappa shape index (κ2) is 6.87. The fourth-order valence-electron chi connectivity index (χ4n) is 1.18. The Morgan fingerprint density at radius 2 is 2.11 bits per heavy atom. The van der Waals surface area contributed by atoms with Crippen molar-refractivity contribution in [1.82, 2.24) is 5.32 Å². The summed E-state index contributed by atoms with van der Waals surface area (Å²) in [5.41, 5.74) is 5.91. The van der Waals surface area contributed by atoms with Crippen LogP contribution in [0.5, 0.6) is 0 Å². The third kappa shape index (κ3) is 4.76. The molecule has 3 nitrogen and oxygen atoms in total. The van der Waals surface area contributed by atoms with Crippen LogP contribution in [-0.4, -0.2) is 24.9 Å². The van der Waals surface area contributed by atoms with Gasteiger partial charge in [-0.15, -0.1) is 12.4 Å². The number of carbonyl (C=O) groups is 1. The van der Waals surface area contributed by atoms with Crippen LogP contribution >= 0.6 is 24.0 Å². The van der Waals surface area contributed by atoms with E-state index in [1.807, 2.05) is 6.92 Å². The van der Waals surface area contributed by atoms with Crippen LogP contribution in [0.15, 0.2) is 18.2 Å². The number of hydrogen-bond donors (Lipinski definition) is 2. The van der Waals surface area contributed by atoms with E-state index >= 15 is 0 Å². The Labute approximate surface area is 115 Å².